The number of carboxylic acid groups (broad SMARTS) is 1. The summed E-state index contributed by atoms with van der Waals surface area (Å²) in [6, 6.07) is 5.14. The largest absolute Gasteiger partial charge is 0.465 e. The number of amides is 1. The van der Waals surface area contributed by atoms with Crippen LogP contribution in [0, 0.1) is 5.82 Å². The minimum Gasteiger partial charge on any atom is -0.465 e. The van der Waals surface area contributed by atoms with E-state index in [2.05, 4.69) is 9.05 Å². The van der Waals surface area contributed by atoms with Crippen molar-refractivity contribution in [3.05, 3.63) is 35.6 Å². The summed E-state index contributed by atoms with van der Waals surface area (Å²) in [5.41, 5.74) is 0.466. The van der Waals surface area contributed by atoms with Crippen LogP contribution < -0.4 is 0 Å². The average molecular weight is 277 g/mol. The van der Waals surface area contributed by atoms with Crippen LogP contribution in [0.25, 0.3) is 0 Å². The third-order valence-corrected chi connectivity index (χ3v) is 4.05. The highest BCUT2D eigenvalue weighted by Gasteiger charge is 2.35. The Balaban J connectivity index is 2.97. The van der Waals surface area contributed by atoms with Crippen LogP contribution in [0.5, 0.6) is 0 Å². The van der Waals surface area contributed by atoms with Crippen LogP contribution >= 0.6 is 7.75 Å². The van der Waals surface area contributed by atoms with Crippen molar-refractivity contribution in [2.24, 2.45) is 0 Å². The molecular formula is C10H13FNO5P. The lowest BCUT2D eigenvalue weighted by molar-refractivity contribution is 0.147. The highest BCUT2D eigenvalue weighted by molar-refractivity contribution is 7.51. The van der Waals surface area contributed by atoms with Crippen LogP contribution in [0.15, 0.2) is 24.3 Å². The zero-order valence-corrected chi connectivity index (χ0v) is 10.8. The Hall–Kier alpha value is -1.43. The molecule has 0 aliphatic heterocycles. The van der Waals surface area contributed by atoms with Gasteiger partial charge in [-0.1, -0.05) is 12.1 Å². The van der Waals surface area contributed by atoms with Gasteiger partial charge in [0.05, 0.1) is 6.54 Å². The molecule has 0 aliphatic carbocycles. The Morgan fingerprint density at radius 1 is 1.33 bits per heavy atom. The maximum atomic E-state index is 12.7. The van der Waals surface area contributed by atoms with E-state index >= 15 is 0 Å². The van der Waals surface area contributed by atoms with Gasteiger partial charge in [0.1, 0.15) is 5.82 Å². The second-order valence-electron chi connectivity index (χ2n) is 3.30. The van der Waals surface area contributed by atoms with Crippen molar-refractivity contribution in [1.29, 1.82) is 0 Å². The number of hydrogen-bond acceptors (Lipinski definition) is 4. The smallest absolute Gasteiger partial charge is 0.440 e. The van der Waals surface area contributed by atoms with Crippen molar-refractivity contribution >= 4 is 13.8 Å². The topological polar surface area (TPSA) is 76.1 Å². The number of carbonyl (C=O) groups is 1. The van der Waals surface area contributed by atoms with Gasteiger partial charge >= 0.3 is 13.8 Å². The normalized spacial score (nSPS) is 11.3. The third-order valence-electron chi connectivity index (χ3n) is 2.22. The van der Waals surface area contributed by atoms with Gasteiger partial charge in [-0.05, 0) is 17.7 Å². The van der Waals surface area contributed by atoms with Gasteiger partial charge in [0, 0.05) is 14.2 Å². The minimum atomic E-state index is -3.88. The summed E-state index contributed by atoms with van der Waals surface area (Å²) in [5, 5.41) is 9.01. The van der Waals surface area contributed by atoms with Crippen LogP contribution in [-0.4, -0.2) is 30.1 Å². The predicted octanol–water partition coefficient (Wildman–Crippen LogP) is 2.71. The first-order valence-electron chi connectivity index (χ1n) is 4.90. The number of hydrogen-bond donors (Lipinski definition) is 1. The Kier molecular flexibility index (Phi) is 4.84. The van der Waals surface area contributed by atoms with E-state index < -0.39 is 19.7 Å². The van der Waals surface area contributed by atoms with Crippen molar-refractivity contribution in [2.75, 3.05) is 14.2 Å². The molecule has 0 bridgehead atoms. The van der Waals surface area contributed by atoms with E-state index in [-0.39, 0.29) is 6.54 Å². The zero-order chi connectivity index (χ0) is 13.8. The third kappa shape index (κ3) is 3.29. The Morgan fingerprint density at radius 3 is 2.22 bits per heavy atom. The fourth-order valence-corrected chi connectivity index (χ4v) is 2.38. The maximum absolute atomic E-state index is 12.7. The predicted molar refractivity (Wildman–Crippen MR) is 61.6 cm³/mol. The molecule has 0 aromatic heterocycles. The quantitative estimate of drug-likeness (QED) is 0.837. The summed E-state index contributed by atoms with van der Waals surface area (Å²) < 4.78 is 34.5. The molecule has 0 saturated heterocycles. The van der Waals surface area contributed by atoms with Crippen molar-refractivity contribution in [1.82, 2.24) is 4.67 Å². The van der Waals surface area contributed by atoms with Crippen LogP contribution in [0.1, 0.15) is 5.56 Å². The Bertz CT molecular complexity index is 456. The molecule has 0 aliphatic rings. The van der Waals surface area contributed by atoms with Gasteiger partial charge in [0.15, 0.2) is 0 Å². The van der Waals surface area contributed by atoms with Gasteiger partial charge < -0.3 is 5.11 Å². The van der Waals surface area contributed by atoms with E-state index in [1.165, 1.54) is 24.3 Å². The summed E-state index contributed by atoms with van der Waals surface area (Å²) in [6.07, 6.45) is -1.45. The molecule has 0 saturated carbocycles. The molecule has 6 nitrogen and oxygen atoms in total. The fraction of sp³-hybridized carbons (Fsp3) is 0.300. The second-order valence-corrected chi connectivity index (χ2v) is 5.45. The molecule has 0 radical (unpaired) electrons. The van der Waals surface area contributed by atoms with Crippen molar-refractivity contribution in [2.45, 2.75) is 6.54 Å². The van der Waals surface area contributed by atoms with Crippen molar-refractivity contribution in [3.8, 4) is 0 Å². The summed E-state index contributed by atoms with van der Waals surface area (Å²) >= 11 is 0. The first kappa shape index (κ1) is 14.6. The minimum absolute atomic E-state index is 0.228. The molecule has 1 rings (SSSR count). The monoisotopic (exact) mass is 277 g/mol. The van der Waals surface area contributed by atoms with E-state index in [0.29, 0.717) is 10.2 Å². The van der Waals surface area contributed by atoms with Crippen LogP contribution in [0.2, 0.25) is 0 Å². The van der Waals surface area contributed by atoms with E-state index in [1.807, 2.05) is 0 Å². The summed E-state index contributed by atoms with van der Waals surface area (Å²) in [5.74, 6) is -0.442. The van der Waals surface area contributed by atoms with Gasteiger partial charge in [0.25, 0.3) is 0 Å². The number of rotatable bonds is 5. The first-order chi connectivity index (χ1) is 8.42. The van der Waals surface area contributed by atoms with Crippen LogP contribution in [-0.2, 0) is 20.2 Å². The highest BCUT2D eigenvalue weighted by Crippen LogP contribution is 2.51. The van der Waals surface area contributed by atoms with Gasteiger partial charge in [-0.15, -0.1) is 0 Å². The number of benzene rings is 1. The van der Waals surface area contributed by atoms with E-state index in [4.69, 9.17) is 5.11 Å². The Labute approximate surface area is 104 Å². The molecule has 1 aromatic carbocycles. The van der Waals surface area contributed by atoms with Gasteiger partial charge in [-0.2, -0.15) is 0 Å². The SMILES string of the molecule is COP(=O)(OC)N(Cc1ccc(F)cc1)C(=O)O. The highest BCUT2D eigenvalue weighted by atomic mass is 31.2. The van der Waals surface area contributed by atoms with Crippen LogP contribution in [0.4, 0.5) is 9.18 Å². The van der Waals surface area contributed by atoms with Crippen molar-refractivity contribution in [3.63, 3.8) is 0 Å². The molecule has 0 atom stereocenters. The van der Waals surface area contributed by atoms with E-state index in [1.54, 1.807) is 0 Å². The molecule has 0 fully saturated rings. The molecule has 8 heteroatoms. The summed E-state index contributed by atoms with van der Waals surface area (Å²) in [6.45, 7) is -0.228. The molecule has 0 spiro atoms. The summed E-state index contributed by atoms with van der Waals surface area (Å²) in [7, 11) is -1.71. The second kappa shape index (κ2) is 5.95. The van der Waals surface area contributed by atoms with Gasteiger partial charge in [-0.3, -0.25) is 9.05 Å². The lowest BCUT2D eigenvalue weighted by Crippen LogP contribution is -2.27. The van der Waals surface area contributed by atoms with Gasteiger partial charge in [-0.25, -0.2) is 18.4 Å². The molecular weight excluding hydrogens is 264 g/mol. The molecule has 0 unspecified atom stereocenters. The molecule has 1 aromatic rings. The summed E-state index contributed by atoms with van der Waals surface area (Å²) in [4.78, 5) is 11.1. The molecule has 1 amide bonds. The zero-order valence-electron chi connectivity index (χ0n) is 9.87. The van der Waals surface area contributed by atoms with E-state index in [0.717, 1.165) is 14.2 Å². The molecule has 0 heterocycles. The average Bonchev–Trinajstić information content (AvgIpc) is 2.37. The van der Waals surface area contributed by atoms with E-state index in [9.17, 15) is 13.8 Å². The lowest BCUT2D eigenvalue weighted by Gasteiger charge is -2.25. The first-order valence-corrected chi connectivity index (χ1v) is 6.39. The number of nitrogens with zero attached hydrogens (tertiary/aromatic N) is 1. The maximum Gasteiger partial charge on any atom is 0.440 e. The lowest BCUT2D eigenvalue weighted by atomic mass is 10.2. The number of halogens is 1. The molecule has 18 heavy (non-hydrogen) atoms. The molecule has 1 N–H and O–H groups in total. The van der Waals surface area contributed by atoms with Crippen LogP contribution in [0.3, 0.4) is 0 Å². The van der Waals surface area contributed by atoms with Crippen molar-refractivity contribution < 1.29 is 27.9 Å². The fourth-order valence-electron chi connectivity index (χ4n) is 1.29. The van der Waals surface area contributed by atoms with Gasteiger partial charge in [0.2, 0.25) is 0 Å². The standard InChI is InChI=1S/C10H13FNO5P/c1-16-18(15,17-2)12(10(13)14)7-8-3-5-9(11)6-4-8/h3-6H,7H2,1-2H3,(H,13,14). The molecule has 100 valence electrons. The Morgan fingerprint density at radius 2 is 1.83 bits per heavy atom.